The third-order valence-corrected chi connectivity index (χ3v) is 5.41. The van der Waals surface area contributed by atoms with Crippen LogP contribution < -0.4 is 10.9 Å². The zero-order valence-corrected chi connectivity index (χ0v) is 15.1. The molecule has 0 radical (unpaired) electrons. The summed E-state index contributed by atoms with van der Waals surface area (Å²) in [4.78, 5) is 0.809. The van der Waals surface area contributed by atoms with E-state index in [-0.39, 0.29) is 6.04 Å². The van der Waals surface area contributed by atoms with Gasteiger partial charge in [-0.1, -0.05) is 36.8 Å². The van der Waals surface area contributed by atoms with Crippen molar-refractivity contribution >= 4 is 27.9 Å². The van der Waals surface area contributed by atoms with Crippen molar-refractivity contribution in [3.8, 4) is 11.4 Å². The minimum atomic E-state index is 0.221. The van der Waals surface area contributed by atoms with Gasteiger partial charge in [0.1, 0.15) is 5.01 Å². The van der Waals surface area contributed by atoms with E-state index >= 15 is 0 Å². The van der Waals surface area contributed by atoms with E-state index in [4.69, 9.17) is 16.7 Å². The van der Waals surface area contributed by atoms with E-state index in [1.807, 2.05) is 28.8 Å². The van der Waals surface area contributed by atoms with Gasteiger partial charge in [-0.25, -0.2) is 5.43 Å². The molecule has 1 aliphatic rings. The molecule has 0 aliphatic carbocycles. The highest BCUT2D eigenvalue weighted by atomic mass is 35.5. The highest BCUT2D eigenvalue weighted by Gasteiger charge is 2.28. The van der Waals surface area contributed by atoms with Crippen LogP contribution in [0.2, 0.25) is 5.02 Å². The number of nitrogens with one attached hydrogen (secondary N) is 2. The highest BCUT2D eigenvalue weighted by molar-refractivity contribution is 7.16. The van der Waals surface area contributed by atoms with Gasteiger partial charge in [0.05, 0.1) is 6.04 Å². The van der Waals surface area contributed by atoms with Crippen LogP contribution in [-0.2, 0) is 0 Å². The number of hydrogen-bond donors (Lipinski definition) is 2. The average molecular weight is 363 g/mol. The molecule has 0 spiro atoms. The van der Waals surface area contributed by atoms with E-state index in [2.05, 4.69) is 34.9 Å². The number of aromatic nitrogens is 4. The van der Waals surface area contributed by atoms with Gasteiger partial charge in [-0.15, -0.1) is 10.2 Å². The third kappa shape index (κ3) is 3.04. The fourth-order valence-corrected chi connectivity index (χ4v) is 4.09. The molecule has 1 aromatic carbocycles. The van der Waals surface area contributed by atoms with E-state index < -0.39 is 0 Å². The Morgan fingerprint density at radius 2 is 2.04 bits per heavy atom. The molecule has 3 heterocycles. The van der Waals surface area contributed by atoms with Gasteiger partial charge in [0.15, 0.2) is 5.82 Å². The van der Waals surface area contributed by atoms with Gasteiger partial charge in [-0.3, -0.25) is 5.43 Å². The Morgan fingerprint density at radius 1 is 1.25 bits per heavy atom. The lowest BCUT2D eigenvalue weighted by atomic mass is 10.0. The van der Waals surface area contributed by atoms with E-state index in [1.54, 1.807) is 11.3 Å². The van der Waals surface area contributed by atoms with Crippen molar-refractivity contribution in [3.05, 3.63) is 34.3 Å². The van der Waals surface area contributed by atoms with Crippen molar-refractivity contribution in [1.29, 1.82) is 0 Å². The van der Waals surface area contributed by atoms with Gasteiger partial charge in [0.25, 0.3) is 0 Å². The molecule has 6 nitrogen and oxygen atoms in total. The van der Waals surface area contributed by atoms with Gasteiger partial charge in [-0.2, -0.15) is 9.61 Å². The highest BCUT2D eigenvalue weighted by Crippen LogP contribution is 2.30. The molecule has 2 unspecified atom stereocenters. The summed E-state index contributed by atoms with van der Waals surface area (Å²) in [7, 11) is 0. The molecule has 2 atom stereocenters. The number of hydrogen-bond acceptors (Lipinski definition) is 6. The van der Waals surface area contributed by atoms with Crippen LogP contribution in [0, 0.1) is 5.92 Å². The van der Waals surface area contributed by atoms with Crippen LogP contribution in [0.1, 0.15) is 37.7 Å². The van der Waals surface area contributed by atoms with Crippen molar-refractivity contribution in [2.24, 2.45) is 5.92 Å². The molecule has 0 bridgehead atoms. The molecule has 1 aliphatic heterocycles. The topological polar surface area (TPSA) is 67.1 Å². The Morgan fingerprint density at radius 3 is 2.79 bits per heavy atom. The number of halogens is 1. The van der Waals surface area contributed by atoms with Gasteiger partial charge in [0, 0.05) is 16.6 Å². The number of nitrogens with zero attached hydrogens (tertiary/aromatic N) is 4. The van der Waals surface area contributed by atoms with Crippen molar-refractivity contribution in [1.82, 2.24) is 30.7 Å². The van der Waals surface area contributed by atoms with Crippen LogP contribution in [0.5, 0.6) is 0 Å². The molecule has 4 rings (SSSR count). The van der Waals surface area contributed by atoms with Crippen LogP contribution in [-0.4, -0.2) is 25.9 Å². The Hall–Kier alpha value is -1.54. The fourth-order valence-electron chi connectivity index (χ4n) is 3.06. The predicted octanol–water partition coefficient (Wildman–Crippen LogP) is 3.46. The lowest BCUT2D eigenvalue weighted by Crippen LogP contribution is -2.31. The quantitative estimate of drug-likeness (QED) is 0.744. The number of benzene rings is 1. The van der Waals surface area contributed by atoms with E-state index in [0.29, 0.717) is 17.0 Å². The predicted molar refractivity (Wildman–Crippen MR) is 96.0 cm³/mol. The second kappa shape index (κ2) is 6.40. The van der Waals surface area contributed by atoms with E-state index in [1.165, 1.54) is 0 Å². The first-order chi connectivity index (χ1) is 11.6. The van der Waals surface area contributed by atoms with Crippen LogP contribution in [0.25, 0.3) is 16.3 Å². The zero-order valence-electron chi connectivity index (χ0n) is 13.5. The summed E-state index contributed by atoms with van der Waals surface area (Å²) >= 11 is 7.54. The summed E-state index contributed by atoms with van der Waals surface area (Å²) in [6, 6.07) is 8.28. The van der Waals surface area contributed by atoms with E-state index in [9.17, 15) is 0 Å². The lowest BCUT2D eigenvalue weighted by molar-refractivity contribution is 0.446. The normalized spacial score (nSPS) is 21.2. The fraction of sp³-hybridized carbons (Fsp3) is 0.438. The maximum atomic E-state index is 5.96. The average Bonchev–Trinajstić information content (AvgIpc) is 3.22. The monoisotopic (exact) mass is 362 g/mol. The molecule has 8 heteroatoms. The minimum Gasteiger partial charge on any atom is -0.254 e. The van der Waals surface area contributed by atoms with Gasteiger partial charge in [0.2, 0.25) is 4.96 Å². The Labute approximate surface area is 149 Å². The lowest BCUT2D eigenvalue weighted by Gasteiger charge is -2.10. The summed E-state index contributed by atoms with van der Waals surface area (Å²) in [6.07, 6.45) is 2.20. The molecule has 0 amide bonds. The summed E-state index contributed by atoms with van der Waals surface area (Å²) in [5, 5.41) is 15.0. The van der Waals surface area contributed by atoms with E-state index in [0.717, 1.165) is 34.2 Å². The van der Waals surface area contributed by atoms with Gasteiger partial charge in [-0.05, 0) is 43.0 Å². The van der Waals surface area contributed by atoms with Gasteiger partial charge < -0.3 is 0 Å². The van der Waals surface area contributed by atoms with Crippen molar-refractivity contribution < 1.29 is 0 Å². The Bertz CT molecular complexity index is 840. The largest absolute Gasteiger partial charge is 0.254 e. The Balaban J connectivity index is 1.60. The molecule has 3 aromatic rings. The van der Waals surface area contributed by atoms with Crippen LogP contribution in [0.4, 0.5) is 0 Å². The maximum absolute atomic E-state index is 5.96. The Kier molecular flexibility index (Phi) is 4.26. The maximum Gasteiger partial charge on any atom is 0.235 e. The second-order valence-corrected chi connectivity index (χ2v) is 7.99. The van der Waals surface area contributed by atoms with Crippen molar-refractivity contribution in [2.45, 2.75) is 38.8 Å². The molecular weight excluding hydrogens is 344 g/mol. The van der Waals surface area contributed by atoms with Crippen LogP contribution in [0.15, 0.2) is 24.3 Å². The smallest absolute Gasteiger partial charge is 0.235 e. The molecule has 24 heavy (non-hydrogen) atoms. The van der Waals surface area contributed by atoms with Crippen molar-refractivity contribution in [3.63, 3.8) is 0 Å². The molecular formula is C16H19ClN6S. The molecule has 2 N–H and O–H groups in total. The third-order valence-electron chi connectivity index (χ3n) is 4.14. The van der Waals surface area contributed by atoms with Gasteiger partial charge >= 0.3 is 0 Å². The first-order valence-corrected chi connectivity index (χ1v) is 9.28. The molecule has 1 fully saturated rings. The summed E-state index contributed by atoms with van der Waals surface area (Å²) < 4.78 is 1.82. The minimum absolute atomic E-state index is 0.221. The first-order valence-electron chi connectivity index (χ1n) is 8.09. The summed E-state index contributed by atoms with van der Waals surface area (Å²) in [6.45, 7) is 4.49. The summed E-state index contributed by atoms with van der Waals surface area (Å²) in [5.74, 6) is 1.42. The molecule has 0 saturated carbocycles. The number of fused-ring (bicyclic) bond motifs is 1. The van der Waals surface area contributed by atoms with Crippen LogP contribution in [0.3, 0.4) is 0 Å². The number of rotatable bonds is 4. The SMILES string of the molecule is CC(C)CC1CC(c2nn3c(-c4ccc(Cl)cc4)nnc3s2)NN1. The molecule has 126 valence electrons. The van der Waals surface area contributed by atoms with Crippen LogP contribution >= 0.6 is 22.9 Å². The van der Waals surface area contributed by atoms with Crippen molar-refractivity contribution in [2.75, 3.05) is 0 Å². The number of hydrazine groups is 1. The zero-order chi connectivity index (χ0) is 16.7. The molecule has 2 aromatic heterocycles. The first kappa shape index (κ1) is 16.0. The standard InChI is InChI=1S/C16H19ClN6S/c1-9(2)7-12-8-13(19-18-12)15-22-23-14(20-21-16(23)24-15)10-3-5-11(17)6-4-10/h3-6,9,12-13,18-19H,7-8H2,1-2H3. The molecule has 1 saturated heterocycles. The second-order valence-electron chi connectivity index (χ2n) is 6.57. The summed E-state index contributed by atoms with van der Waals surface area (Å²) in [5.41, 5.74) is 7.70.